The summed E-state index contributed by atoms with van der Waals surface area (Å²) in [6.07, 6.45) is 1.78. The number of anilines is 1. The smallest absolute Gasteiger partial charge is 0.241 e. The zero-order chi connectivity index (χ0) is 16.7. The quantitative estimate of drug-likeness (QED) is 0.679. The number of aromatic nitrogens is 1. The number of likely N-dealkylation sites (N-methyl/N-ethyl adjacent to an activating group) is 1. The molecule has 0 aliphatic carbocycles. The largest absolute Gasteiger partial charge is 0.312 e. The lowest BCUT2D eigenvalue weighted by Gasteiger charge is -2.32. The summed E-state index contributed by atoms with van der Waals surface area (Å²) in [7, 11) is 1.83. The van der Waals surface area contributed by atoms with Crippen LogP contribution in [0.15, 0.2) is 72.9 Å². The Morgan fingerprint density at radius 1 is 0.917 bits per heavy atom. The molecule has 2 heterocycles. The van der Waals surface area contributed by atoms with E-state index in [1.807, 2.05) is 74.6 Å². The first-order valence-electron chi connectivity index (χ1n) is 8.02. The van der Waals surface area contributed by atoms with E-state index in [9.17, 15) is 4.79 Å². The van der Waals surface area contributed by atoms with Gasteiger partial charge in [0.2, 0.25) is 5.91 Å². The van der Waals surface area contributed by atoms with E-state index < -0.39 is 5.41 Å². The Balaban J connectivity index is 2.10. The molecule has 0 spiro atoms. The highest BCUT2D eigenvalue weighted by atomic mass is 16.2. The van der Waals surface area contributed by atoms with Gasteiger partial charge in [0.05, 0.1) is 16.8 Å². The van der Waals surface area contributed by atoms with E-state index >= 15 is 0 Å². The van der Waals surface area contributed by atoms with E-state index in [4.69, 9.17) is 0 Å². The molecule has 1 amide bonds. The second-order valence-corrected chi connectivity index (χ2v) is 6.27. The van der Waals surface area contributed by atoms with Crippen LogP contribution in [0.5, 0.6) is 0 Å². The predicted molar refractivity (Wildman–Crippen MR) is 96.0 cm³/mol. The van der Waals surface area contributed by atoms with E-state index in [2.05, 4.69) is 11.1 Å². The maximum Gasteiger partial charge on any atom is 0.241 e. The van der Waals surface area contributed by atoms with Crippen LogP contribution in [-0.4, -0.2) is 17.9 Å². The molecule has 1 aromatic heterocycles. The molecule has 1 atom stereocenters. The van der Waals surface area contributed by atoms with Crippen LogP contribution < -0.4 is 4.90 Å². The highest BCUT2D eigenvalue weighted by Gasteiger charge is 2.44. The van der Waals surface area contributed by atoms with Gasteiger partial charge in [-0.15, -0.1) is 0 Å². The van der Waals surface area contributed by atoms with Gasteiger partial charge in [0, 0.05) is 18.8 Å². The van der Waals surface area contributed by atoms with Crippen LogP contribution in [-0.2, 0) is 10.2 Å². The molecule has 3 heteroatoms. The second kappa shape index (κ2) is 5.31. The van der Waals surface area contributed by atoms with Crippen LogP contribution in [0.25, 0.3) is 11.3 Å². The van der Waals surface area contributed by atoms with Crippen LogP contribution >= 0.6 is 0 Å². The van der Waals surface area contributed by atoms with E-state index in [0.29, 0.717) is 0 Å². The van der Waals surface area contributed by atoms with Crippen LogP contribution in [0.4, 0.5) is 5.69 Å². The first kappa shape index (κ1) is 14.6. The van der Waals surface area contributed by atoms with Gasteiger partial charge in [-0.2, -0.15) is 0 Å². The molecule has 3 aromatic rings. The number of amides is 1. The molecule has 118 valence electrons. The maximum absolute atomic E-state index is 13.5. The zero-order valence-electron chi connectivity index (χ0n) is 13.7. The Morgan fingerprint density at radius 2 is 1.62 bits per heavy atom. The van der Waals surface area contributed by atoms with Crippen LogP contribution in [0.3, 0.4) is 0 Å². The van der Waals surface area contributed by atoms with E-state index in [1.54, 1.807) is 11.1 Å². The topological polar surface area (TPSA) is 33.2 Å². The summed E-state index contributed by atoms with van der Waals surface area (Å²) in [5.74, 6) is 0.0490. The molecule has 0 radical (unpaired) electrons. The van der Waals surface area contributed by atoms with Gasteiger partial charge in [-0.05, 0) is 30.2 Å². The minimum Gasteiger partial charge on any atom is -0.312 e. The third kappa shape index (κ3) is 1.91. The summed E-state index contributed by atoms with van der Waals surface area (Å²) in [5, 5.41) is 0. The second-order valence-electron chi connectivity index (χ2n) is 6.27. The lowest BCUT2D eigenvalue weighted by Crippen LogP contribution is -2.43. The Labute approximate surface area is 141 Å². The Morgan fingerprint density at radius 3 is 2.42 bits per heavy atom. The normalized spacial score (nSPS) is 19.4. The number of benzene rings is 2. The fraction of sp³-hybridized carbons (Fsp3) is 0.143. The predicted octanol–water partition coefficient (Wildman–Crippen LogP) is 4.03. The van der Waals surface area contributed by atoms with Crippen molar-refractivity contribution in [3.8, 4) is 11.3 Å². The third-order valence-corrected chi connectivity index (χ3v) is 4.95. The average molecular weight is 314 g/mol. The van der Waals surface area contributed by atoms with Crippen LogP contribution in [0.2, 0.25) is 0 Å². The summed E-state index contributed by atoms with van der Waals surface area (Å²) in [6, 6.07) is 21.9. The third-order valence-electron chi connectivity index (χ3n) is 4.95. The van der Waals surface area contributed by atoms with Crippen molar-refractivity contribution < 1.29 is 4.79 Å². The average Bonchev–Trinajstić information content (AvgIpc) is 2.73. The molecule has 24 heavy (non-hydrogen) atoms. The first-order chi connectivity index (χ1) is 11.6. The lowest BCUT2D eigenvalue weighted by molar-refractivity contribution is -0.121. The lowest BCUT2D eigenvalue weighted by atomic mass is 9.73. The summed E-state index contributed by atoms with van der Waals surface area (Å²) >= 11 is 0. The Hall–Kier alpha value is -2.94. The van der Waals surface area contributed by atoms with Crippen molar-refractivity contribution >= 4 is 11.6 Å². The molecule has 0 unspecified atom stereocenters. The van der Waals surface area contributed by atoms with Crippen molar-refractivity contribution in [1.82, 2.24) is 4.98 Å². The van der Waals surface area contributed by atoms with Crippen molar-refractivity contribution in [3.05, 3.63) is 84.1 Å². The van der Waals surface area contributed by atoms with E-state index in [-0.39, 0.29) is 5.91 Å². The molecule has 1 aliphatic heterocycles. The number of hydrogen-bond acceptors (Lipinski definition) is 2. The van der Waals surface area contributed by atoms with Crippen molar-refractivity contribution in [3.63, 3.8) is 0 Å². The van der Waals surface area contributed by atoms with Gasteiger partial charge in [0.1, 0.15) is 0 Å². The van der Waals surface area contributed by atoms with Gasteiger partial charge in [-0.3, -0.25) is 9.78 Å². The standard InChI is InChI=1S/C21H18N2O/c1-21(15-9-4-3-5-10-15)17-12-7-6-11-16(17)19-18(13-8-14-22-19)23(2)20(21)24/h3-14H,1-2H3/t21-/m0/s1. The molecule has 1 aliphatic rings. The van der Waals surface area contributed by atoms with Crippen LogP contribution in [0.1, 0.15) is 18.1 Å². The van der Waals surface area contributed by atoms with E-state index in [0.717, 1.165) is 28.1 Å². The number of hydrogen-bond donors (Lipinski definition) is 0. The van der Waals surface area contributed by atoms with Crippen molar-refractivity contribution in [2.24, 2.45) is 0 Å². The maximum atomic E-state index is 13.5. The molecule has 0 N–H and O–H groups in total. The molecule has 4 rings (SSSR count). The summed E-state index contributed by atoms with van der Waals surface area (Å²) in [4.78, 5) is 19.8. The fourth-order valence-electron chi connectivity index (χ4n) is 3.61. The number of rotatable bonds is 1. The van der Waals surface area contributed by atoms with E-state index in [1.165, 1.54) is 0 Å². The number of nitrogens with zero attached hydrogens (tertiary/aromatic N) is 2. The highest BCUT2D eigenvalue weighted by Crippen LogP contribution is 2.45. The molecule has 0 fully saturated rings. The zero-order valence-corrected chi connectivity index (χ0v) is 13.7. The van der Waals surface area contributed by atoms with Crippen LogP contribution in [0, 0.1) is 0 Å². The number of pyridine rings is 1. The van der Waals surface area contributed by atoms with Gasteiger partial charge in [-0.25, -0.2) is 0 Å². The molecule has 0 saturated heterocycles. The number of fused-ring (bicyclic) bond motifs is 3. The van der Waals surface area contributed by atoms with Crippen molar-refractivity contribution in [2.75, 3.05) is 11.9 Å². The monoisotopic (exact) mass is 314 g/mol. The van der Waals surface area contributed by atoms with Gasteiger partial charge >= 0.3 is 0 Å². The minimum absolute atomic E-state index is 0.0490. The summed E-state index contributed by atoms with van der Waals surface area (Å²) in [6.45, 7) is 2.01. The SMILES string of the molecule is CN1C(=O)[C@@](C)(c2ccccc2)c2ccccc2-c2ncccc21. The van der Waals surface area contributed by atoms with Crippen molar-refractivity contribution in [2.45, 2.75) is 12.3 Å². The number of carbonyl (C=O) groups excluding carboxylic acids is 1. The molecule has 3 nitrogen and oxygen atoms in total. The minimum atomic E-state index is -0.757. The molecule has 2 aromatic carbocycles. The van der Waals surface area contributed by atoms with Gasteiger partial charge in [-0.1, -0.05) is 54.6 Å². The van der Waals surface area contributed by atoms with Gasteiger partial charge in [0.15, 0.2) is 0 Å². The van der Waals surface area contributed by atoms with Gasteiger partial charge < -0.3 is 4.90 Å². The Kier molecular flexibility index (Phi) is 3.24. The van der Waals surface area contributed by atoms with Crippen molar-refractivity contribution in [1.29, 1.82) is 0 Å². The fourth-order valence-corrected chi connectivity index (χ4v) is 3.61. The molecular formula is C21H18N2O. The molecule has 0 saturated carbocycles. The van der Waals surface area contributed by atoms with Gasteiger partial charge in [0.25, 0.3) is 0 Å². The molecular weight excluding hydrogens is 296 g/mol. The summed E-state index contributed by atoms with van der Waals surface area (Å²) < 4.78 is 0. The highest BCUT2D eigenvalue weighted by molar-refractivity contribution is 6.08. The summed E-state index contributed by atoms with van der Waals surface area (Å²) in [5.41, 5.74) is 3.93. The first-order valence-corrected chi connectivity index (χ1v) is 8.02. The Bertz CT molecular complexity index is 920. The number of carbonyl (C=O) groups is 1. The molecule has 0 bridgehead atoms.